The van der Waals surface area contributed by atoms with Crippen LogP contribution >= 0.6 is 23.2 Å². The van der Waals surface area contributed by atoms with E-state index in [1.807, 2.05) is 12.1 Å². The van der Waals surface area contributed by atoms with Crippen molar-refractivity contribution < 1.29 is 0 Å². The molecular weight excluding hydrogens is 277 g/mol. The lowest BCUT2D eigenvalue weighted by molar-refractivity contribution is 0.425. The molecule has 3 heteroatoms. The maximum atomic E-state index is 6.37. The zero-order chi connectivity index (χ0) is 13.8. The maximum Gasteiger partial charge on any atom is 0.0627 e. The summed E-state index contributed by atoms with van der Waals surface area (Å²) in [6.07, 6.45) is 3.81. The molecule has 1 fully saturated rings. The molecule has 1 aliphatic carbocycles. The van der Waals surface area contributed by atoms with Crippen LogP contribution < -0.4 is 5.32 Å². The number of benzene rings is 1. The first-order chi connectivity index (χ1) is 9.09. The Hall–Kier alpha value is -0.240. The lowest BCUT2D eigenvalue weighted by Crippen LogP contribution is -2.27. The van der Waals surface area contributed by atoms with Gasteiger partial charge in [-0.15, -0.1) is 0 Å². The van der Waals surface area contributed by atoms with Gasteiger partial charge in [0, 0.05) is 0 Å². The summed E-state index contributed by atoms with van der Waals surface area (Å²) in [4.78, 5) is 0. The Bertz CT molecular complexity index is 417. The molecule has 1 aliphatic rings. The van der Waals surface area contributed by atoms with Crippen LogP contribution in [0.25, 0.3) is 0 Å². The van der Waals surface area contributed by atoms with E-state index in [-0.39, 0.29) is 0 Å². The molecule has 1 nitrogen and oxygen atoms in total. The molecule has 2 unspecified atom stereocenters. The third-order valence-electron chi connectivity index (χ3n) is 4.00. The van der Waals surface area contributed by atoms with Gasteiger partial charge < -0.3 is 5.32 Å². The van der Waals surface area contributed by atoms with Crippen LogP contribution in [0, 0.1) is 11.8 Å². The van der Waals surface area contributed by atoms with Crippen molar-refractivity contribution in [2.45, 2.75) is 39.0 Å². The van der Waals surface area contributed by atoms with Crippen molar-refractivity contribution in [3.8, 4) is 0 Å². The summed E-state index contributed by atoms with van der Waals surface area (Å²) in [6.45, 7) is 6.66. The van der Waals surface area contributed by atoms with E-state index < -0.39 is 0 Å². The minimum Gasteiger partial charge on any atom is -0.316 e. The van der Waals surface area contributed by atoms with Gasteiger partial charge in [-0.2, -0.15) is 0 Å². The van der Waals surface area contributed by atoms with Crippen molar-refractivity contribution in [1.82, 2.24) is 5.32 Å². The molecule has 1 N–H and O–H groups in total. The Morgan fingerprint density at radius 2 is 2.05 bits per heavy atom. The molecule has 1 aromatic carbocycles. The summed E-state index contributed by atoms with van der Waals surface area (Å²) < 4.78 is 0. The molecule has 0 amide bonds. The summed E-state index contributed by atoms with van der Waals surface area (Å²) in [5.41, 5.74) is 1.24. The summed E-state index contributed by atoms with van der Waals surface area (Å²) in [6, 6.07) is 6.02. The molecule has 0 heterocycles. The quantitative estimate of drug-likeness (QED) is 0.795. The van der Waals surface area contributed by atoms with Gasteiger partial charge in [0.2, 0.25) is 0 Å². The molecule has 106 valence electrons. The van der Waals surface area contributed by atoms with Gasteiger partial charge in [-0.05, 0) is 55.3 Å². The van der Waals surface area contributed by atoms with Crippen molar-refractivity contribution in [3.63, 3.8) is 0 Å². The molecule has 0 saturated heterocycles. The van der Waals surface area contributed by atoms with Crippen LogP contribution in [-0.4, -0.2) is 13.1 Å². The van der Waals surface area contributed by atoms with E-state index in [9.17, 15) is 0 Å². The summed E-state index contributed by atoms with van der Waals surface area (Å²) in [5, 5.41) is 5.02. The topological polar surface area (TPSA) is 12.0 Å². The van der Waals surface area contributed by atoms with Crippen LogP contribution in [0.3, 0.4) is 0 Å². The lowest BCUT2D eigenvalue weighted by Gasteiger charge is -2.22. The molecule has 0 spiro atoms. The average molecular weight is 300 g/mol. The molecule has 2 atom stereocenters. The first-order valence-corrected chi connectivity index (χ1v) is 7.99. The van der Waals surface area contributed by atoms with Gasteiger partial charge in [0.15, 0.2) is 0 Å². The van der Waals surface area contributed by atoms with Crippen molar-refractivity contribution in [2.24, 2.45) is 11.8 Å². The first-order valence-electron chi connectivity index (χ1n) is 7.24. The second-order valence-corrected chi connectivity index (χ2v) is 6.78. The molecule has 1 saturated carbocycles. The van der Waals surface area contributed by atoms with E-state index in [0.29, 0.717) is 22.8 Å². The predicted octanol–water partition coefficient (Wildman–Crippen LogP) is 5.12. The molecule has 0 bridgehead atoms. The highest BCUT2D eigenvalue weighted by molar-refractivity contribution is 6.42. The molecule has 19 heavy (non-hydrogen) atoms. The number of hydrogen-bond donors (Lipinski definition) is 1. The normalized spacial score (nSPS) is 23.2. The number of halogens is 2. The van der Waals surface area contributed by atoms with E-state index in [2.05, 4.69) is 25.2 Å². The number of hydrogen-bond acceptors (Lipinski definition) is 1. The second-order valence-electron chi connectivity index (χ2n) is 5.99. The Balaban J connectivity index is 2.04. The van der Waals surface area contributed by atoms with Crippen LogP contribution in [-0.2, 0) is 0 Å². The van der Waals surface area contributed by atoms with Crippen molar-refractivity contribution in [3.05, 3.63) is 33.8 Å². The smallest absolute Gasteiger partial charge is 0.0627 e. The highest BCUT2D eigenvalue weighted by Gasteiger charge is 2.30. The Kier molecular flexibility index (Phi) is 5.56. The Labute approximate surface area is 126 Å². The number of nitrogens with one attached hydrogen (secondary N) is 1. The fourth-order valence-corrected chi connectivity index (χ4v) is 3.50. The molecule has 0 radical (unpaired) electrons. The molecular formula is C16H23Cl2N. The van der Waals surface area contributed by atoms with Gasteiger partial charge in [0.25, 0.3) is 0 Å². The van der Waals surface area contributed by atoms with Crippen LogP contribution in [0.5, 0.6) is 0 Å². The van der Waals surface area contributed by atoms with Gasteiger partial charge in [-0.3, -0.25) is 0 Å². The third kappa shape index (κ3) is 3.87. The van der Waals surface area contributed by atoms with Crippen LogP contribution in [0.2, 0.25) is 10.0 Å². The summed E-state index contributed by atoms with van der Waals surface area (Å²) in [7, 11) is 0. The molecule has 2 rings (SSSR count). The van der Waals surface area contributed by atoms with Gasteiger partial charge in [0.1, 0.15) is 0 Å². The second kappa shape index (κ2) is 6.97. The monoisotopic (exact) mass is 299 g/mol. The Morgan fingerprint density at radius 3 is 2.79 bits per heavy atom. The Morgan fingerprint density at radius 1 is 1.26 bits per heavy atom. The van der Waals surface area contributed by atoms with Crippen molar-refractivity contribution >= 4 is 23.2 Å². The van der Waals surface area contributed by atoms with Gasteiger partial charge in [0.05, 0.1) is 10.0 Å². The SMILES string of the molecule is CC(C)CNCC1CCCC1c1cccc(Cl)c1Cl. The maximum absolute atomic E-state index is 6.37. The van der Waals surface area contributed by atoms with Crippen molar-refractivity contribution in [2.75, 3.05) is 13.1 Å². The van der Waals surface area contributed by atoms with E-state index in [0.717, 1.165) is 18.1 Å². The van der Waals surface area contributed by atoms with Crippen molar-refractivity contribution in [1.29, 1.82) is 0 Å². The number of rotatable bonds is 5. The van der Waals surface area contributed by atoms with Gasteiger partial charge in [-0.25, -0.2) is 0 Å². The van der Waals surface area contributed by atoms with Crippen LogP contribution in [0.15, 0.2) is 18.2 Å². The first kappa shape index (κ1) is 15.2. The zero-order valence-electron chi connectivity index (χ0n) is 11.8. The van der Waals surface area contributed by atoms with E-state index in [1.54, 1.807) is 0 Å². The molecule has 0 aliphatic heterocycles. The molecule has 1 aromatic rings. The van der Waals surface area contributed by atoms with Gasteiger partial charge in [-0.1, -0.05) is 55.6 Å². The zero-order valence-corrected chi connectivity index (χ0v) is 13.3. The predicted molar refractivity (Wildman–Crippen MR) is 84.3 cm³/mol. The summed E-state index contributed by atoms with van der Waals surface area (Å²) >= 11 is 12.5. The van der Waals surface area contributed by atoms with Crippen LogP contribution in [0.1, 0.15) is 44.6 Å². The van der Waals surface area contributed by atoms with E-state index >= 15 is 0 Å². The fraction of sp³-hybridized carbons (Fsp3) is 0.625. The standard InChI is InChI=1S/C16H23Cl2N/c1-11(2)9-19-10-12-5-3-6-13(12)14-7-4-8-15(17)16(14)18/h4,7-8,11-13,19H,3,5-6,9-10H2,1-2H3. The molecule has 0 aromatic heterocycles. The highest BCUT2D eigenvalue weighted by atomic mass is 35.5. The minimum absolute atomic E-state index is 0.561. The van der Waals surface area contributed by atoms with Gasteiger partial charge >= 0.3 is 0 Å². The summed E-state index contributed by atoms with van der Waals surface area (Å²) in [5.74, 6) is 1.95. The largest absolute Gasteiger partial charge is 0.316 e. The van der Waals surface area contributed by atoms with Crippen LogP contribution in [0.4, 0.5) is 0 Å². The highest BCUT2D eigenvalue weighted by Crippen LogP contribution is 2.43. The third-order valence-corrected chi connectivity index (χ3v) is 4.83. The fourth-order valence-electron chi connectivity index (χ4n) is 3.05. The lowest BCUT2D eigenvalue weighted by atomic mass is 9.88. The minimum atomic E-state index is 0.561. The van der Waals surface area contributed by atoms with E-state index in [4.69, 9.17) is 23.2 Å². The average Bonchev–Trinajstić information content (AvgIpc) is 2.80. The van der Waals surface area contributed by atoms with E-state index in [1.165, 1.54) is 24.8 Å².